The third kappa shape index (κ3) is 5.68. The standard InChI is InChI=1S/C27H26F3N5O3S/c28-27(29,30)18-12-21(34-25-22(18)23(31)24(39-25)26(37)38)35-10-8-17(9-11-35)32-14-20(36)19-7-6-16(13-33-19)15-4-2-1-3-5-15/h1-7,12-13,17,20,32,36H,8-11,14,31H2,(H,37,38). The lowest BCUT2D eigenvalue weighted by atomic mass is 10.0. The first-order valence-electron chi connectivity index (χ1n) is 12.3. The van der Waals surface area contributed by atoms with Crippen LogP contribution in [0.2, 0.25) is 0 Å². The lowest BCUT2D eigenvalue weighted by Crippen LogP contribution is -2.44. The van der Waals surface area contributed by atoms with Gasteiger partial charge in [0.2, 0.25) is 0 Å². The van der Waals surface area contributed by atoms with Gasteiger partial charge in [-0.25, -0.2) is 9.78 Å². The number of hydrogen-bond donors (Lipinski definition) is 4. The number of carboxylic acids is 1. The Kier molecular flexibility index (Phi) is 7.43. The minimum Gasteiger partial charge on any atom is -0.477 e. The number of alkyl halides is 3. The van der Waals surface area contributed by atoms with E-state index < -0.39 is 29.5 Å². The number of thiophene rings is 1. The van der Waals surface area contributed by atoms with Crippen molar-refractivity contribution in [3.8, 4) is 11.1 Å². The third-order valence-corrected chi connectivity index (χ3v) is 7.93. The van der Waals surface area contributed by atoms with Crippen molar-refractivity contribution in [1.82, 2.24) is 15.3 Å². The van der Waals surface area contributed by atoms with Crippen LogP contribution in [0, 0.1) is 0 Å². The maximum atomic E-state index is 13.9. The number of hydrogen-bond acceptors (Lipinski definition) is 8. The number of nitrogen functional groups attached to an aromatic ring is 1. The second-order valence-corrected chi connectivity index (χ2v) is 10.4. The number of rotatable bonds is 7. The molecular weight excluding hydrogens is 531 g/mol. The van der Waals surface area contributed by atoms with Gasteiger partial charge in [0.05, 0.1) is 16.9 Å². The van der Waals surface area contributed by atoms with Crippen molar-refractivity contribution < 1.29 is 28.2 Å². The molecule has 0 amide bonds. The number of nitrogens with two attached hydrogens (primary N) is 1. The fourth-order valence-corrected chi connectivity index (χ4v) is 5.71. The molecule has 1 atom stereocenters. The Hall–Kier alpha value is -3.74. The number of anilines is 2. The fourth-order valence-electron chi connectivity index (χ4n) is 4.75. The van der Waals surface area contributed by atoms with Gasteiger partial charge in [-0.3, -0.25) is 4.98 Å². The molecule has 1 saturated heterocycles. The first-order chi connectivity index (χ1) is 18.6. The van der Waals surface area contributed by atoms with Crippen LogP contribution in [0.5, 0.6) is 0 Å². The second kappa shape index (κ2) is 10.8. The number of aliphatic hydroxyl groups excluding tert-OH is 1. The predicted octanol–water partition coefficient (Wildman–Crippen LogP) is 4.95. The zero-order valence-corrected chi connectivity index (χ0v) is 21.5. The zero-order valence-electron chi connectivity index (χ0n) is 20.7. The number of benzene rings is 1. The highest BCUT2D eigenvalue weighted by Gasteiger charge is 2.37. The highest BCUT2D eigenvalue weighted by Crippen LogP contribution is 2.43. The Balaban J connectivity index is 1.22. The van der Waals surface area contributed by atoms with Gasteiger partial charge >= 0.3 is 12.1 Å². The highest BCUT2D eigenvalue weighted by atomic mass is 32.1. The molecule has 204 valence electrons. The van der Waals surface area contributed by atoms with Crippen LogP contribution in [-0.4, -0.2) is 51.8 Å². The van der Waals surface area contributed by atoms with E-state index in [0.717, 1.165) is 17.2 Å². The molecule has 0 bridgehead atoms. The summed E-state index contributed by atoms with van der Waals surface area (Å²) in [6, 6.07) is 14.5. The Morgan fingerprint density at radius 3 is 2.49 bits per heavy atom. The minimum absolute atomic E-state index is 0.0520. The van der Waals surface area contributed by atoms with Gasteiger partial charge in [-0.1, -0.05) is 36.4 Å². The van der Waals surface area contributed by atoms with Crippen LogP contribution in [0.3, 0.4) is 0 Å². The van der Waals surface area contributed by atoms with E-state index >= 15 is 0 Å². The maximum Gasteiger partial charge on any atom is 0.417 e. The SMILES string of the molecule is Nc1c(C(=O)O)sc2nc(N3CCC(NCC(O)c4ccc(-c5ccccc5)cn4)CC3)cc(C(F)(F)F)c12. The zero-order chi connectivity index (χ0) is 27.7. The number of aromatic carboxylic acids is 1. The van der Waals surface area contributed by atoms with E-state index in [4.69, 9.17) is 5.73 Å². The van der Waals surface area contributed by atoms with E-state index in [1.165, 1.54) is 0 Å². The van der Waals surface area contributed by atoms with Gasteiger partial charge in [0.15, 0.2) is 0 Å². The van der Waals surface area contributed by atoms with E-state index in [2.05, 4.69) is 15.3 Å². The van der Waals surface area contributed by atoms with Crippen molar-refractivity contribution in [3.63, 3.8) is 0 Å². The Labute approximate surface area is 225 Å². The number of nitrogens with one attached hydrogen (secondary N) is 1. The van der Waals surface area contributed by atoms with Crippen LogP contribution in [0.4, 0.5) is 24.7 Å². The van der Waals surface area contributed by atoms with Gasteiger partial charge < -0.3 is 26.2 Å². The summed E-state index contributed by atoms with van der Waals surface area (Å²) in [6.07, 6.45) is -2.54. The Bertz CT molecular complexity index is 1470. The number of nitrogens with zero attached hydrogens (tertiary/aromatic N) is 3. The molecule has 5 N–H and O–H groups in total. The summed E-state index contributed by atoms with van der Waals surface area (Å²) in [7, 11) is 0. The Morgan fingerprint density at radius 1 is 1.15 bits per heavy atom. The minimum atomic E-state index is -4.72. The molecule has 0 radical (unpaired) electrons. The molecular formula is C27H26F3N5O3S. The number of fused-ring (bicyclic) bond motifs is 1. The molecule has 1 fully saturated rings. The van der Waals surface area contributed by atoms with Crippen molar-refractivity contribution in [1.29, 1.82) is 0 Å². The smallest absolute Gasteiger partial charge is 0.417 e. The van der Waals surface area contributed by atoms with E-state index in [-0.39, 0.29) is 33.5 Å². The summed E-state index contributed by atoms with van der Waals surface area (Å²) >= 11 is 0.641. The fraction of sp³-hybridized carbons (Fsp3) is 0.296. The topological polar surface area (TPSA) is 125 Å². The second-order valence-electron chi connectivity index (χ2n) is 9.38. The number of aliphatic hydroxyl groups is 1. The number of piperidine rings is 1. The molecule has 1 aliphatic rings. The van der Waals surface area contributed by atoms with E-state index in [9.17, 15) is 28.2 Å². The van der Waals surface area contributed by atoms with Crippen molar-refractivity contribution in [2.75, 3.05) is 30.3 Å². The van der Waals surface area contributed by atoms with E-state index in [1.807, 2.05) is 36.4 Å². The van der Waals surface area contributed by atoms with E-state index in [0.29, 0.717) is 43.0 Å². The normalized spacial score (nSPS) is 15.5. The first kappa shape index (κ1) is 26.9. The number of carbonyl (C=O) groups is 1. The highest BCUT2D eigenvalue weighted by molar-refractivity contribution is 7.21. The molecule has 0 saturated carbocycles. The molecule has 1 unspecified atom stereocenters. The molecule has 4 aromatic rings. The summed E-state index contributed by atoms with van der Waals surface area (Å²) in [5.74, 6) is -1.25. The first-order valence-corrected chi connectivity index (χ1v) is 13.1. The molecule has 1 aromatic carbocycles. The number of aromatic nitrogens is 2. The molecule has 4 heterocycles. The summed E-state index contributed by atoms with van der Waals surface area (Å²) in [5.41, 5.74) is 6.90. The summed E-state index contributed by atoms with van der Waals surface area (Å²) in [5, 5.41) is 22.9. The quantitative estimate of drug-likeness (QED) is 0.252. The van der Waals surface area contributed by atoms with E-state index in [1.54, 1.807) is 17.2 Å². The van der Waals surface area contributed by atoms with Gasteiger partial charge in [-0.05, 0) is 30.5 Å². The average Bonchev–Trinajstić information content (AvgIpc) is 3.28. The van der Waals surface area contributed by atoms with Crippen LogP contribution >= 0.6 is 11.3 Å². The summed E-state index contributed by atoms with van der Waals surface area (Å²) in [6.45, 7) is 1.18. The molecule has 1 aliphatic heterocycles. The number of pyridine rings is 2. The predicted molar refractivity (Wildman–Crippen MR) is 144 cm³/mol. The molecule has 0 spiro atoms. The largest absolute Gasteiger partial charge is 0.477 e. The van der Waals surface area contributed by atoms with Crippen LogP contribution in [0.15, 0.2) is 54.7 Å². The summed E-state index contributed by atoms with van der Waals surface area (Å²) < 4.78 is 41.6. The van der Waals surface area contributed by atoms with Gasteiger partial charge in [-0.2, -0.15) is 13.2 Å². The maximum absolute atomic E-state index is 13.9. The van der Waals surface area contributed by atoms with Gasteiger partial charge in [0, 0.05) is 42.8 Å². The summed E-state index contributed by atoms with van der Waals surface area (Å²) in [4.78, 5) is 21.5. The molecule has 8 nitrogen and oxygen atoms in total. The molecule has 0 aliphatic carbocycles. The number of carboxylic acid groups (broad SMARTS) is 1. The van der Waals surface area contributed by atoms with Crippen molar-refractivity contribution in [3.05, 3.63) is 70.9 Å². The van der Waals surface area contributed by atoms with Crippen LogP contribution in [-0.2, 0) is 6.18 Å². The van der Waals surface area contributed by atoms with Gasteiger partial charge in [-0.15, -0.1) is 11.3 Å². The average molecular weight is 558 g/mol. The van der Waals surface area contributed by atoms with Crippen LogP contribution in [0.25, 0.3) is 21.3 Å². The van der Waals surface area contributed by atoms with Gasteiger partial charge in [0.1, 0.15) is 21.6 Å². The lowest BCUT2D eigenvalue weighted by molar-refractivity contribution is -0.136. The third-order valence-electron chi connectivity index (χ3n) is 6.84. The molecule has 12 heteroatoms. The van der Waals surface area contributed by atoms with Crippen molar-refractivity contribution in [2.45, 2.75) is 31.2 Å². The Morgan fingerprint density at radius 2 is 1.87 bits per heavy atom. The van der Waals surface area contributed by atoms with Crippen molar-refractivity contribution >= 4 is 39.0 Å². The number of halogens is 3. The van der Waals surface area contributed by atoms with Gasteiger partial charge in [0.25, 0.3) is 0 Å². The van der Waals surface area contributed by atoms with Crippen LogP contribution in [0.1, 0.15) is 39.9 Å². The molecule has 3 aromatic heterocycles. The van der Waals surface area contributed by atoms with Crippen LogP contribution < -0.4 is 16.0 Å². The lowest BCUT2D eigenvalue weighted by Gasteiger charge is -2.34. The molecule has 39 heavy (non-hydrogen) atoms. The van der Waals surface area contributed by atoms with Crippen molar-refractivity contribution in [2.24, 2.45) is 0 Å². The molecule has 5 rings (SSSR count). The monoisotopic (exact) mass is 557 g/mol.